The average molecular weight is 352 g/mol. The van der Waals surface area contributed by atoms with E-state index in [1.165, 1.54) is 13.3 Å². The van der Waals surface area contributed by atoms with E-state index >= 15 is 0 Å². The maximum Gasteiger partial charge on any atom is 0.262 e. The van der Waals surface area contributed by atoms with Crippen LogP contribution in [-0.4, -0.2) is 28.6 Å². The zero-order valence-electron chi connectivity index (χ0n) is 13.9. The molecule has 0 fully saturated rings. The molecule has 0 aliphatic rings. The summed E-state index contributed by atoms with van der Waals surface area (Å²) in [5.74, 6) is 0.514. The lowest BCUT2D eigenvalue weighted by Gasteiger charge is -2.08. The molecule has 8 heteroatoms. The highest BCUT2D eigenvalue weighted by Crippen LogP contribution is 2.20. The number of rotatable bonds is 6. The third kappa shape index (κ3) is 4.67. The van der Waals surface area contributed by atoms with Gasteiger partial charge in [-0.2, -0.15) is 0 Å². The van der Waals surface area contributed by atoms with Gasteiger partial charge in [-0.05, 0) is 48.5 Å². The summed E-state index contributed by atoms with van der Waals surface area (Å²) in [5, 5.41) is 12.8. The van der Waals surface area contributed by atoms with Crippen molar-refractivity contribution in [2.24, 2.45) is 0 Å². The minimum absolute atomic E-state index is 0.132. The molecular weight excluding hydrogens is 336 g/mol. The molecule has 0 aliphatic heterocycles. The Labute approximate surface area is 149 Å². The van der Waals surface area contributed by atoms with Gasteiger partial charge in [-0.25, -0.2) is 0 Å². The molecule has 3 aromatic rings. The topological polar surface area (TPSA) is 106 Å². The van der Waals surface area contributed by atoms with E-state index in [2.05, 4.69) is 20.8 Å². The van der Waals surface area contributed by atoms with Crippen molar-refractivity contribution < 1.29 is 18.7 Å². The number of nitrogens with zero attached hydrogens (tertiary/aromatic N) is 2. The van der Waals surface area contributed by atoms with Gasteiger partial charge in [0.05, 0.1) is 0 Å². The van der Waals surface area contributed by atoms with Gasteiger partial charge in [0.2, 0.25) is 18.2 Å². The Morgan fingerprint density at radius 1 is 1.00 bits per heavy atom. The Kier molecular flexibility index (Phi) is 5.23. The summed E-state index contributed by atoms with van der Waals surface area (Å²) in [6, 6.07) is 13.8. The van der Waals surface area contributed by atoms with Crippen molar-refractivity contribution in [1.29, 1.82) is 0 Å². The van der Waals surface area contributed by atoms with Crippen LogP contribution in [0.3, 0.4) is 0 Å². The van der Waals surface area contributed by atoms with Crippen LogP contribution >= 0.6 is 0 Å². The normalized spacial score (nSPS) is 10.2. The van der Waals surface area contributed by atoms with E-state index in [-0.39, 0.29) is 18.4 Å². The van der Waals surface area contributed by atoms with Crippen LogP contribution in [0.4, 0.5) is 11.4 Å². The van der Waals surface area contributed by atoms with E-state index in [0.717, 1.165) is 5.56 Å². The lowest BCUT2D eigenvalue weighted by Crippen LogP contribution is -2.20. The van der Waals surface area contributed by atoms with Crippen molar-refractivity contribution in [3.8, 4) is 17.2 Å². The van der Waals surface area contributed by atoms with Gasteiger partial charge in [-0.3, -0.25) is 9.59 Å². The van der Waals surface area contributed by atoms with E-state index in [1.807, 2.05) is 0 Å². The summed E-state index contributed by atoms with van der Waals surface area (Å²) >= 11 is 0. The van der Waals surface area contributed by atoms with Crippen LogP contribution in [-0.2, 0) is 9.59 Å². The first-order valence-corrected chi connectivity index (χ1v) is 7.77. The molecule has 0 saturated heterocycles. The molecule has 3 rings (SSSR count). The van der Waals surface area contributed by atoms with E-state index in [1.54, 1.807) is 48.5 Å². The molecule has 0 atom stereocenters. The number of carbonyl (C=O) groups is 2. The summed E-state index contributed by atoms with van der Waals surface area (Å²) in [7, 11) is 0. The highest BCUT2D eigenvalue weighted by Gasteiger charge is 2.06. The van der Waals surface area contributed by atoms with E-state index < -0.39 is 0 Å². The second-order valence-corrected chi connectivity index (χ2v) is 5.36. The monoisotopic (exact) mass is 352 g/mol. The highest BCUT2D eigenvalue weighted by molar-refractivity contribution is 5.93. The number of ether oxygens (including phenoxy) is 1. The zero-order chi connectivity index (χ0) is 18.4. The van der Waals surface area contributed by atoms with Crippen molar-refractivity contribution >= 4 is 23.2 Å². The number of hydrogen-bond donors (Lipinski definition) is 2. The zero-order valence-corrected chi connectivity index (χ0v) is 13.9. The van der Waals surface area contributed by atoms with Crippen LogP contribution in [0.2, 0.25) is 0 Å². The Morgan fingerprint density at radius 3 is 2.23 bits per heavy atom. The molecule has 1 heterocycles. The number of nitrogens with one attached hydrogen (secondary N) is 2. The number of carbonyl (C=O) groups excluding carboxylic acids is 2. The first-order valence-electron chi connectivity index (χ1n) is 7.77. The molecule has 2 aromatic carbocycles. The minimum Gasteiger partial charge on any atom is -0.484 e. The molecule has 2 amide bonds. The largest absolute Gasteiger partial charge is 0.484 e. The maximum atomic E-state index is 12.0. The van der Waals surface area contributed by atoms with Gasteiger partial charge in [0.15, 0.2) is 6.61 Å². The van der Waals surface area contributed by atoms with Crippen molar-refractivity contribution in [2.75, 3.05) is 17.2 Å². The minimum atomic E-state index is -0.293. The fraction of sp³-hybridized carbons (Fsp3) is 0.111. The third-order valence-corrected chi connectivity index (χ3v) is 3.32. The number of aromatic nitrogens is 2. The molecule has 0 spiro atoms. The van der Waals surface area contributed by atoms with Crippen molar-refractivity contribution in [1.82, 2.24) is 10.2 Å². The third-order valence-electron chi connectivity index (χ3n) is 3.32. The molecule has 8 nitrogen and oxygen atoms in total. The summed E-state index contributed by atoms with van der Waals surface area (Å²) in [6.45, 7) is 1.30. The van der Waals surface area contributed by atoms with Crippen molar-refractivity contribution in [2.45, 2.75) is 6.92 Å². The van der Waals surface area contributed by atoms with Crippen LogP contribution in [0.15, 0.2) is 59.3 Å². The van der Waals surface area contributed by atoms with Gasteiger partial charge >= 0.3 is 0 Å². The molecule has 0 unspecified atom stereocenters. The first-order chi connectivity index (χ1) is 12.6. The highest BCUT2D eigenvalue weighted by atomic mass is 16.5. The van der Waals surface area contributed by atoms with Gasteiger partial charge in [0.1, 0.15) is 5.75 Å². The van der Waals surface area contributed by atoms with Crippen LogP contribution in [0.1, 0.15) is 6.92 Å². The van der Waals surface area contributed by atoms with Crippen LogP contribution in [0, 0.1) is 0 Å². The number of benzene rings is 2. The molecular formula is C18H16N4O4. The lowest BCUT2D eigenvalue weighted by atomic mass is 10.2. The smallest absolute Gasteiger partial charge is 0.262 e. The average Bonchev–Trinajstić information content (AvgIpc) is 3.16. The number of hydrogen-bond acceptors (Lipinski definition) is 6. The molecule has 0 radical (unpaired) electrons. The fourth-order valence-electron chi connectivity index (χ4n) is 2.18. The fourth-order valence-corrected chi connectivity index (χ4v) is 2.18. The summed E-state index contributed by atoms with van der Waals surface area (Å²) < 4.78 is 10.6. The maximum absolute atomic E-state index is 12.0. The molecule has 0 aliphatic carbocycles. The molecule has 2 N–H and O–H groups in total. The number of anilines is 2. The molecule has 0 saturated carbocycles. The molecule has 0 bridgehead atoms. The second-order valence-electron chi connectivity index (χ2n) is 5.36. The predicted octanol–water partition coefficient (Wildman–Crippen LogP) is 2.71. The van der Waals surface area contributed by atoms with Gasteiger partial charge in [-0.15, -0.1) is 10.2 Å². The summed E-state index contributed by atoms with van der Waals surface area (Å²) in [5.41, 5.74) is 2.03. The second kappa shape index (κ2) is 7.93. The van der Waals surface area contributed by atoms with Gasteiger partial charge in [-0.1, -0.05) is 0 Å². The molecule has 1 aromatic heterocycles. The van der Waals surface area contributed by atoms with E-state index in [0.29, 0.717) is 23.0 Å². The van der Waals surface area contributed by atoms with Crippen LogP contribution in [0.5, 0.6) is 5.75 Å². The lowest BCUT2D eigenvalue weighted by molar-refractivity contribution is -0.118. The van der Waals surface area contributed by atoms with Crippen LogP contribution < -0.4 is 15.4 Å². The van der Waals surface area contributed by atoms with Gasteiger partial charge < -0.3 is 19.8 Å². The van der Waals surface area contributed by atoms with E-state index in [4.69, 9.17) is 9.15 Å². The quantitative estimate of drug-likeness (QED) is 0.706. The number of amides is 2. The van der Waals surface area contributed by atoms with Crippen molar-refractivity contribution in [3.05, 3.63) is 54.9 Å². The molecule has 132 valence electrons. The Balaban J connectivity index is 1.50. The predicted molar refractivity (Wildman–Crippen MR) is 94.6 cm³/mol. The van der Waals surface area contributed by atoms with E-state index in [9.17, 15) is 9.59 Å². The molecule has 26 heavy (non-hydrogen) atoms. The Hall–Kier alpha value is -3.68. The summed E-state index contributed by atoms with van der Waals surface area (Å²) in [6.07, 6.45) is 1.26. The summed E-state index contributed by atoms with van der Waals surface area (Å²) in [4.78, 5) is 22.9. The first kappa shape index (κ1) is 17.2. The van der Waals surface area contributed by atoms with Gasteiger partial charge in [0.25, 0.3) is 5.91 Å². The Bertz CT molecular complexity index is 875. The Morgan fingerprint density at radius 2 is 1.65 bits per heavy atom. The van der Waals surface area contributed by atoms with Crippen molar-refractivity contribution in [3.63, 3.8) is 0 Å². The van der Waals surface area contributed by atoms with Crippen LogP contribution in [0.25, 0.3) is 11.5 Å². The standard InChI is InChI=1S/C18H16N4O4/c1-12(23)20-14-4-6-15(7-5-14)21-17(24)10-25-16-8-2-13(3-9-16)18-22-19-11-26-18/h2-9,11H,10H2,1H3,(H,20,23)(H,21,24). The van der Waals surface area contributed by atoms with Gasteiger partial charge in [0, 0.05) is 23.9 Å². The SMILES string of the molecule is CC(=O)Nc1ccc(NC(=O)COc2ccc(-c3nnco3)cc2)cc1.